The molecule has 6 heteroatoms. The van der Waals surface area contributed by atoms with Crippen LogP contribution in [0.3, 0.4) is 0 Å². The van der Waals surface area contributed by atoms with E-state index in [2.05, 4.69) is 4.99 Å². The predicted octanol–water partition coefficient (Wildman–Crippen LogP) is 5.97. The molecule has 4 rings (SSSR count). The summed E-state index contributed by atoms with van der Waals surface area (Å²) in [6.45, 7) is 0.847. The minimum Gasteiger partial charge on any atom is -0.479 e. The fourth-order valence-corrected chi connectivity index (χ4v) is 4.37. The van der Waals surface area contributed by atoms with Crippen LogP contribution in [0.5, 0.6) is 5.75 Å². The van der Waals surface area contributed by atoms with Gasteiger partial charge < -0.3 is 9.84 Å². The minimum atomic E-state index is -0.961. The molecule has 1 heterocycles. The number of nitrogens with zero attached hydrogens (tertiary/aromatic N) is 1. The molecule has 1 N–H and O–H groups in total. The molecule has 1 aliphatic heterocycles. The summed E-state index contributed by atoms with van der Waals surface area (Å²) in [4.78, 5) is 16.2. The molecule has 0 saturated carbocycles. The average Bonchev–Trinajstić information content (AvgIpc) is 3.33. The van der Waals surface area contributed by atoms with Gasteiger partial charge in [-0.25, -0.2) is 4.79 Å². The molecule has 0 aliphatic carbocycles. The number of aryl methyl sites for hydroxylation is 1. The maximum atomic E-state index is 11.7. The van der Waals surface area contributed by atoms with Gasteiger partial charge in [-0.15, -0.1) is 11.8 Å². The SMILES string of the molecule is O=C(O)C(CCc1ccc(-c2ccc(Cl)cc2)cc1)Oc1ccc(C2=NCCS2)cc1. The first-order valence-electron chi connectivity index (χ1n) is 10.1. The van der Waals surface area contributed by atoms with Crippen LogP contribution in [0, 0.1) is 0 Å². The molecule has 31 heavy (non-hydrogen) atoms. The first-order valence-corrected chi connectivity index (χ1v) is 11.5. The average molecular weight is 452 g/mol. The fraction of sp³-hybridized carbons (Fsp3) is 0.200. The molecule has 0 saturated heterocycles. The Labute approximate surface area is 190 Å². The number of thioether (sulfide) groups is 1. The van der Waals surface area contributed by atoms with Gasteiger partial charge in [-0.05, 0) is 65.9 Å². The van der Waals surface area contributed by atoms with Crippen molar-refractivity contribution in [1.82, 2.24) is 0 Å². The van der Waals surface area contributed by atoms with E-state index >= 15 is 0 Å². The van der Waals surface area contributed by atoms with Crippen molar-refractivity contribution in [3.8, 4) is 16.9 Å². The molecule has 0 aromatic heterocycles. The maximum absolute atomic E-state index is 11.7. The quantitative estimate of drug-likeness (QED) is 0.458. The number of hydrogen-bond donors (Lipinski definition) is 1. The number of hydrogen-bond acceptors (Lipinski definition) is 4. The van der Waals surface area contributed by atoms with E-state index < -0.39 is 12.1 Å². The lowest BCUT2D eigenvalue weighted by atomic mass is 10.0. The van der Waals surface area contributed by atoms with Crippen LogP contribution in [0.2, 0.25) is 5.02 Å². The van der Waals surface area contributed by atoms with Gasteiger partial charge in [0.15, 0.2) is 6.10 Å². The van der Waals surface area contributed by atoms with E-state index in [9.17, 15) is 9.90 Å². The zero-order valence-corrected chi connectivity index (χ0v) is 18.4. The second-order valence-corrected chi connectivity index (χ2v) is 8.77. The Morgan fingerprint density at radius 3 is 2.16 bits per heavy atom. The van der Waals surface area contributed by atoms with Crippen molar-refractivity contribution in [2.24, 2.45) is 4.99 Å². The molecule has 3 aromatic rings. The second-order valence-electron chi connectivity index (χ2n) is 7.25. The Balaban J connectivity index is 1.36. The minimum absolute atomic E-state index is 0.389. The van der Waals surface area contributed by atoms with Crippen LogP contribution < -0.4 is 4.74 Å². The van der Waals surface area contributed by atoms with Crippen LogP contribution in [0.25, 0.3) is 11.1 Å². The van der Waals surface area contributed by atoms with Crippen LogP contribution in [0.15, 0.2) is 77.8 Å². The highest BCUT2D eigenvalue weighted by Crippen LogP contribution is 2.24. The van der Waals surface area contributed by atoms with Crippen LogP contribution in [0.1, 0.15) is 17.5 Å². The lowest BCUT2D eigenvalue weighted by Crippen LogP contribution is -2.27. The van der Waals surface area contributed by atoms with Crippen molar-refractivity contribution in [2.45, 2.75) is 18.9 Å². The number of benzene rings is 3. The number of halogens is 1. The van der Waals surface area contributed by atoms with E-state index in [1.807, 2.05) is 72.8 Å². The molecule has 158 valence electrons. The second kappa shape index (κ2) is 10.0. The molecule has 0 radical (unpaired) electrons. The third-order valence-corrected chi connectivity index (χ3v) is 6.34. The zero-order chi connectivity index (χ0) is 21.6. The van der Waals surface area contributed by atoms with Gasteiger partial charge in [0, 0.05) is 22.9 Å². The summed E-state index contributed by atoms with van der Waals surface area (Å²) < 4.78 is 5.76. The van der Waals surface area contributed by atoms with Crippen molar-refractivity contribution < 1.29 is 14.6 Å². The molecule has 3 aromatic carbocycles. The molecule has 4 nitrogen and oxygen atoms in total. The molecular formula is C25H22ClNO3S. The molecular weight excluding hydrogens is 430 g/mol. The van der Waals surface area contributed by atoms with Crippen molar-refractivity contribution in [3.63, 3.8) is 0 Å². The van der Waals surface area contributed by atoms with Gasteiger partial charge in [-0.1, -0.05) is 48.0 Å². The Morgan fingerprint density at radius 1 is 0.968 bits per heavy atom. The van der Waals surface area contributed by atoms with E-state index in [4.69, 9.17) is 16.3 Å². The van der Waals surface area contributed by atoms with E-state index in [0.29, 0.717) is 23.6 Å². The van der Waals surface area contributed by atoms with Crippen molar-refractivity contribution >= 4 is 34.4 Å². The Kier molecular flexibility index (Phi) is 6.95. The molecule has 1 aliphatic rings. The van der Waals surface area contributed by atoms with Gasteiger partial charge in [-0.2, -0.15) is 0 Å². The van der Waals surface area contributed by atoms with E-state index in [-0.39, 0.29) is 0 Å². The summed E-state index contributed by atoms with van der Waals surface area (Å²) in [5, 5.41) is 11.3. The highest BCUT2D eigenvalue weighted by Gasteiger charge is 2.20. The third-order valence-electron chi connectivity index (χ3n) is 5.07. The fourth-order valence-electron chi connectivity index (χ4n) is 3.39. The van der Waals surface area contributed by atoms with Gasteiger partial charge in [0.2, 0.25) is 0 Å². The van der Waals surface area contributed by atoms with Gasteiger partial charge in [0.25, 0.3) is 0 Å². The third kappa shape index (κ3) is 5.69. The summed E-state index contributed by atoms with van der Waals surface area (Å²) in [5.41, 5.74) is 4.30. The topological polar surface area (TPSA) is 58.9 Å². The van der Waals surface area contributed by atoms with Crippen molar-refractivity contribution in [1.29, 1.82) is 0 Å². The Bertz CT molecular complexity index is 1060. The van der Waals surface area contributed by atoms with Crippen molar-refractivity contribution in [3.05, 3.63) is 88.9 Å². The maximum Gasteiger partial charge on any atom is 0.344 e. The molecule has 1 atom stereocenters. The van der Waals surface area contributed by atoms with Gasteiger partial charge in [0.05, 0.1) is 5.04 Å². The normalized spacial score (nSPS) is 14.2. The number of aliphatic imine (C=N–C) groups is 1. The highest BCUT2D eigenvalue weighted by molar-refractivity contribution is 8.14. The number of carboxylic acid groups (broad SMARTS) is 1. The standard InChI is InChI=1S/C25H22ClNO3S/c26-21-10-6-19(7-11-21)18-4-1-17(2-5-18)3-14-23(25(28)29)30-22-12-8-20(9-13-22)24-27-15-16-31-24/h1-2,4-13,23H,3,14-16H2,(H,28,29). The number of carbonyl (C=O) groups is 1. The summed E-state index contributed by atoms with van der Waals surface area (Å²) in [7, 11) is 0. The number of rotatable bonds is 8. The summed E-state index contributed by atoms with van der Waals surface area (Å²) in [6, 6.07) is 23.3. The molecule has 0 bridgehead atoms. The molecule has 0 fully saturated rings. The van der Waals surface area contributed by atoms with Crippen LogP contribution in [0.4, 0.5) is 0 Å². The largest absolute Gasteiger partial charge is 0.479 e. The van der Waals surface area contributed by atoms with Gasteiger partial charge in [0.1, 0.15) is 5.75 Å². The van der Waals surface area contributed by atoms with Crippen LogP contribution in [-0.2, 0) is 11.2 Å². The monoisotopic (exact) mass is 451 g/mol. The predicted molar refractivity (Wildman–Crippen MR) is 128 cm³/mol. The summed E-state index contributed by atoms with van der Waals surface area (Å²) in [6.07, 6.45) is 0.101. The highest BCUT2D eigenvalue weighted by atomic mass is 35.5. The van der Waals surface area contributed by atoms with Crippen LogP contribution >= 0.6 is 23.4 Å². The lowest BCUT2D eigenvalue weighted by molar-refractivity contribution is -0.145. The summed E-state index contributed by atoms with van der Waals surface area (Å²) in [5.74, 6) is 0.602. The Morgan fingerprint density at radius 2 is 1.58 bits per heavy atom. The van der Waals surface area contributed by atoms with Gasteiger partial charge in [-0.3, -0.25) is 4.99 Å². The number of carboxylic acids is 1. The van der Waals surface area contributed by atoms with E-state index in [0.717, 1.165) is 39.6 Å². The molecule has 0 spiro atoms. The smallest absolute Gasteiger partial charge is 0.344 e. The zero-order valence-electron chi connectivity index (χ0n) is 16.8. The number of ether oxygens (including phenoxy) is 1. The molecule has 1 unspecified atom stereocenters. The Hall–Kier alpha value is -2.76. The first-order chi connectivity index (χ1) is 15.1. The van der Waals surface area contributed by atoms with E-state index in [1.165, 1.54) is 0 Å². The lowest BCUT2D eigenvalue weighted by Gasteiger charge is -2.15. The van der Waals surface area contributed by atoms with E-state index in [1.54, 1.807) is 11.8 Å². The number of aliphatic carboxylic acids is 1. The molecule has 0 amide bonds. The summed E-state index contributed by atoms with van der Waals surface area (Å²) >= 11 is 7.69. The van der Waals surface area contributed by atoms with Crippen LogP contribution in [-0.4, -0.2) is 34.5 Å². The van der Waals surface area contributed by atoms with Crippen molar-refractivity contribution in [2.75, 3.05) is 12.3 Å². The first kappa shape index (κ1) is 21.5. The van der Waals surface area contributed by atoms with Gasteiger partial charge >= 0.3 is 5.97 Å².